The van der Waals surface area contributed by atoms with Crippen LogP contribution in [0.1, 0.15) is 30.9 Å². The minimum Gasteiger partial charge on any atom is -0.354 e. The summed E-state index contributed by atoms with van der Waals surface area (Å²) >= 11 is 0. The van der Waals surface area contributed by atoms with Gasteiger partial charge in [0.15, 0.2) is 5.96 Å². The maximum atomic E-state index is 4.37. The van der Waals surface area contributed by atoms with E-state index in [2.05, 4.69) is 62.9 Å². The fourth-order valence-electron chi connectivity index (χ4n) is 3.54. The summed E-state index contributed by atoms with van der Waals surface area (Å²) in [6.45, 7) is 5.19. The van der Waals surface area contributed by atoms with Crippen LogP contribution in [0, 0.1) is 0 Å². The van der Waals surface area contributed by atoms with Crippen LogP contribution in [0.25, 0.3) is 0 Å². The van der Waals surface area contributed by atoms with Gasteiger partial charge in [0.2, 0.25) is 0 Å². The SMILES string of the molecule is CN=C(NCc1cnn(C)c1)NC1CCN(Cc2ccccc2)C(C)C1.I. The average Bonchev–Trinajstić information content (AvgIpc) is 3.07. The summed E-state index contributed by atoms with van der Waals surface area (Å²) in [4.78, 5) is 6.94. The summed E-state index contributed by atoms with van der Waals surface area (Å²) in [6, 6.07) is 11.7. The Kier molecular flexibility index (Phi) is 8.56. The molecule has 1 aliphatic heterocycles. The number of likely N-dealkylation sites (tertiary alicyclic amines) is 1. The molecule has 1 aromatic carbocycles. The molecule has 2 heterocycles. The highest BCUT2D eigenvalue weighted by atomic mass is 127. The monoisotopic (exact) mass is 482 g/mol. The van der Waals surface area contributed by atoms with Crippen LogP contribution in [0.2, 0.25) is 0 Å². The standard InChI is InChI=1S/C20H30N6.HI/c1-16-11-19(9-10-26(16)15-17-7-5-4-6-8-17)24-20(21-2)22-12-18-13-23-25(3)14-18;/h4-8,13-14,16,19H,9-12,15H2,1-3H3,(H2,21,22,24);1H. The van der Waals surface area contributed by atoms with Gasteiger partial charge in [0.05, 0.1) is 6.20 Å². The summed E-state index contributed by atoms with van der Waals surface area (Å²) < 4.78 is 1.82. The molecule has 1 saturated heterocycles. The first kappa shape index (κ1) is 21.7. The summed E-state index contributed by atoms with van der Waals surface area (Å²) in [5.41, 5.74) is 2.54. The van der Waals surface area contributed by atoms with E-state index in [1.807, 2.05) is 31.2 Å². The fourth-order valence-corrected chi connectivity index (χ4v) is 3.54. The van der Waals surface area contributed by atoms with Crippen LogP contribution in [0.5, 0.6) is 0 Å². The van der Waals surface area contributed by atoms with Crippen molar-refractivity contribution in [3.8, 4) is 0 Å². The number of halogens is 1. The molecule has 2 aromatic rings. The number of rotatable bonds is 5. The number of aliphatic imine (C=N–C) groups is 1. The molecule has 0 radical (unpaired) electrons. The van der Waals surface area contributed by atoms with Crippen molar-refractivity contribution < 1.29 is 0 Å². The largest absolute Gasteiger partial charge is 0.354 e. The minimum absolute atomic E-state index is 0. The Morgan fingerprint density at radius 2 is 2.04 bits per heavy atom. The molecular formula is C20H31IN6. The summed E-state index contributed by atoms with van der Waals surface area (Å²) in [5.74, 6) is 0.863. The Hall–Kier alpha value is -1.61. The Morgan fingerprint density at radius 1 is 1.26 bits per heavy atom. The van der Waals surface area contributed by atoms with Crippen LogP contribution >= 0.6 is 24.0 Å². The van der Waals surface area contributed by atoms with Gasteiger partial charge in [0, 0.05) is 57.6 Å². The van der Waals surface area contributed by atoms with Crippen molar-refractivity contribution in [1.29, 1.82) is 0 Å². The molecule has 0 aliphatic carbocycles. The van der Waals surface area contributed by atoms with E-state index in [0.717, 1.165) is 44.0 Å². The number of hydrogen-bond acceptors (Lipinski definition) is 3. The second kappa shape index (κ2) is 10.7. The highest BCUT2D eigenvalue weighted by molar-refractivity contribution is 14.0. The first-order chi connectivity index (χ1) is 12.6. The van der Waals surface area contributed by atoms with Gasteiger partial charge in [0.25, 0.3) is 0 Å². The lowest BCUT2D eigenvalue weighted by Gasteiger charge is -2.38. The van der Waals surface area contributed by atoms with Crippen molar-refractivity contribution >= 4 is 29.9 Å². The molecule has 7 heteroatoms. The summed E-state index contributed by atoms with van der Waals surface area (Å²) in [7, 11) is 3.76. The molecule has 3 rings (SSSR count). The van der Waals surface area contributed by atoms with Crippen LogP contribution in [0.15, 0.2) is 47.7 Å². The smallest absolute Gasteiger partial charge is 0.191 e. The average molecular weight is 482 g/mol. The van der Waals surface area contributed by atoms with Crippen molar-refractivity contribution in [1.82, 2.24) is 25.3 Å². The lowest BCUT2D eigenvalue weighted by atomic mass is 9.97. The third-order valence-corrected chi connectivity index (χ3v) is 5.02. The predicted octanol–water partition coefficient (Wildman–Crippen LogP) is 2.76. The van der Waals surface area contributed by atoms with Gasteiger partial charge in [-0.25, -0.2) is 0 Å². The van der Waals surface area contributed by atoms with E-state index in [0.29, 0.717) is 12.1 Å². The van der Waals surface area contributed by atoms with E-state index in [1.54, 1.807) is 0 Å². The molecule has 0 amide bonds. The summed E-state index contributed by atoms with van der Waals surface area (Å²) in [5, 5.41) is 11.2. The quantitative estimate of drug-likeness (QED) is 0.391. The first-order valence-corrected chi connectivity index (χ1v) is 9.36. The molecule has 6 nitrogen and oxygen atoms in total. The van der Waals surface area contributed by atoms with Crippen molar-refractivity contribution in [3.63, 3.8) is 0 Å². The van der Waals surface area contributed by atoms with Crippen molar-refractivity contribution in [3.05, 3.63) is 53.9 Å². The second-order valence-corrected chi connectivity index (χ2v) is 7.12. The van der Waals surface area contributed by atoms with E-state index >= 15 is 0 Å². The number of guanidine groups is 1. The van der Waals surface area contributed by atoms with Crippen molar-refractivity contribution in [2.75, 3.05) is 13.6 Å². The van der Waals surface area contributed by atoms with E-state index < -0.39 is 0 Å². The highest BCUT2D eigenvalue weighted by Crippen LogP contribution is 2.19. The number of hydrogen-bond donors (Lipinski definition) is 2. The molecule has 2 N–H and O–H groups in total. The van der Waals surface area contributed by atoms with Gasteiger partial charge in [-0.3, -0.25) is 14.6 Å². The normalized spacial score (nSPS) is 20.8. The molecule has 1 aliphatic rings. The molecule has 0 bridgehead atoms. The third-order valence-electron chi connectivity index (χ3n) is 5.02. The third kappa shape index (κ3) is 6.49. The molecule has 2 atom stereocenters. The topological polar surface area (TPSA) is 57.5 Å². The lowest BCUT2D eigenvalue weighted by molar-refractivity contribution is 0.134. The Labute approximate surface area is 179 Å². The number of aryl methyl sites for hydroxylation is 1. The Bertz CT molecular complexity index is 714. The molecular weight excluding hydrogens is 451 g/mol. The van der Waals surface area contributed by atoms with E-state index in [9.17, 15) is 0 Å². The van der Waals surface area contributed by atoms with Crippen LogP contribution in [0.3, 0.4) is 0 Å². The van der Waals surface area contributed by atoms with E-state index in [4.69, 9.17) is 0 Å². The molecule has 148 valence electrons. The lowest BCUT2D eigenvalue weighted by Crippen LogP contribution is -2.51. The fraction of sp³-hybridized carbons (Fsp3) is 0.500. The van der Waals surface area contributed by atoms with Crippen LogP contribution in [0.4, 0.5) is 0 Å². The number of piperidine rings is 1. The van der Waals surface area contributed by atoms with Crippen LogP contribution in [-0.4, -0.2) is 46.3 Å². The molecule has 27 heavy (non-hydrogen) atoms. The van der Waals surface area contributed by atoms with Gasteiger partial charge in [-0.05, 0) is 25.3 Å². The van der Waals surface area contributed by atoms with Gasteiger partial charge in [-0.15, -0.1) is 24.0 Å². The number of nitrogens with one attached hydrogen (secondary N) is 2. The second-order valence-electron chi connectivity index (χ2n) is 7.12. The van der Waals surface area contributed by atoms with Crippen LogP contribution < -0.4 is 10.6 Å². The highest BCUT2D eigenvalue weighted by Gasteiger charge is 2.25. The Morgan fingerprint density at radius 3 is 2.67 bits per heavy atom. The van der Waals surface area contributed by atoms with Crippen molar-refractivity contribution in [2.45, 2.75) is 44.9 Å². The zero-order valence-electron chi connectivity index (χ0n) is 16.4. The van der Waals surface area contributed by atoms with Crippen molar-refractivity contribution in [2.24, 2.45) is 12.0 Å². The molecule has 1 fully saturated rings. The van der Waals surface area contributed by atoms with Gasteiger partial charge in [-0.2, -0.15) is 5.10 Å². The van der Waals surface area contributed by atoms with Crippen LogP contribution in [-0.2, 0) is 20.1 Å². The maximum Gasteiger partial charge on any atom is 0.191 e. The number of aromatic nitrogens is 2. The number of nitrogens with zero attached hydrogens (tertiary/aromatic N) is 4. The number of benzene rings is 1. The Balaban J connectivity index is 0.00000261. The molecule has 0 spiro atoms. The molecule has 0 saturated carbocycles. The zero-order chi connectivity index (χ0) is 18.4. The van der Waals surface area contributed by atoms with Gasteiger partial charge in [0.1, 0.15) is 0 Å². The maximum absolute atomic E-state index is 4.37. The van der Waals surface area contributed by atoms with Gasteiger partial charge >= 0.3 is 0 Å². The zero-order valence-corrected chi connectivity index (χ0v) is 18.8. The van der Waals surface area contributed by atoms with Gasteiger partial charge in [-0.1, -0.05) is 30.3 Å². The summed E-state index contributed by atoms with van der Waals surface area (Å²) in [6.07, 6.45) is 6.15. The van der Waals surface area contributed by atoms with E-state index in [1.165, 1.54) is 5.56 Å². The van der Waals surface area contributed by atoms with Gasteiger partial charge < -0.3 is 10.6 Å². The molecule has 1 aromatic heterocycles. The minimum atomic E-state index is 0. The van der Waals surface area contributed by atoms with E-state index in [-0.39, 0.29) is 24.0 Å². The first-order valence-electron chi connectivity index (χ1n) is 9.36. The molecule has 2 unspecified atom stereocenters. The predicted molar refractivity (Wildman–Crippen MR) is 121 cm³/mol.